The third kappa shape index (κ3) is 4.10. The molecule has 0 saturated heterocycles. The van der Waals surface area contributed by atoms with Crippen molar-refractivity contribution in [1.82, 2.24) is 4.98 Å². The van der Waals surface area contributed by atoms with Crippen LogP contribution in [0.1, 0.15) is 52.3 Å². The van der Waals surface area contributed by atoms with Gasteiger partial charge in [0, 0.05) is 11.8 Å². The number of benzene rings is 1. The molecule has 0 fully saturated rings. The molecule has 1 N–H and O–H groups in total. The van der Waals surface area contributed by atoms with Crippen LogP contribution in [0.2, 0.25) is 0 Å². The maximum absolute atomic E-state index is 12.8. The van der Waals surface area contributed by atoms with Crippen LogP contribution in [0.5, 0.6) is 0 Å². The molecule has 0 amide bonds. The molecule has 0 aliphatic carbocycles. The fourth-order valence-electron chi connectivity index (χ4n) is 2.01. The van der Waals surface area contributed by atoms with Gasteiger partial charge in [-0.3, -0.25) is 0 Å². The first-order chi connectivity index (χ1) is 10.5. The molecular weight excluding hydrogens is 327 g/mol. The van der Waals surface area contributed by atoms with E-state index in [9.17, 15) is 23.1 Å². The lowest BCUT2D eigenvalue weighted by Crippen LogP contribution is -2.10. The van der Waals surface area contributed by atoms with Crippen LogP contribution in [-0.2, 0) is 18.0 Å². The van der Waals surface area contributed by atoms with Gasteiger partial charge in [0.05, 0.1) is 16.3 Å². The van der Waals surface area contributed by atoms with Crippen molar-refractivity contribution in [2.75, 3.05) is 0 Å². The fourth-order valence-corrected chi connectivity index (χ4v) is 2.99. The molecule has 1 aromatic heterocycles. The highest BCUT2D eigenvalue weighted by molar-refractivity contribution is 7.13. The molecular formula is C16H16F3NO2S. The number of carboxylic acids is 1. The first-order valence-corrected chi connectivity index (χ1v) is 7.70. The SMILES string of the molecule is CC(C)(C)c1nc(Cc2cccc(C(F)(F)F)c2)c(C(=O)O)s1. The van der Waals surface area contributed by atoms with E-state index in [-0.39, 0.29) is 16.7 Å². The third-order valence-electron chi connectivity index (χ3n) is 3.16. The summed E-state index contributed by atoms with van der Waals surface area (Å²) in [7, 11) is 0. The van der Waals surface area contributed by atoms with Gasteiger partial charge < -0.3 is 5.11 Å². The van der Waals surface area contributed by atoms with Crippen molar-refractivity contribution < 1.29 is 23.1 Å². The van der Waals surface area contributed by atoms with Gasteiger partial charge in [-0.2, -0.15) is 13.2 Å². The van der Waals surface area contributed by atoms with Gasteiger partial charge in [0.2, 0.25) is 0 Å². The van der Waals surface area contributed by atoms with E-state index in [1.165, 1.54) is 12.1 Å². The molecule has 0 saturated carbocycles. The fraction of sp³-hybridized carbons (Fsp3) is 0.375. The van der Waals surface area contributed by atoms with Crippen LogP contribution in [0.3, 0.4) is 0 Å². The van der Waals surface area contributed by atoms with Crippen molar-refractivity contribution in [3.05, 3.63) is 51.0 Å². The normalized spacial score (nSPS) is 12.4. The van der Waals surface area contributed by atoms with Crippen LogP contribution in [0.15, 0.2) is 24.3 Å². The largest absolute Gasteiger partial charge is 0.477 e. The number of hydrogen-bond donors (Lipinski definition) is 1. The highest BCUT2D eigenvalue weighted by Crippen LogP contribution is 2.32. The second kappa shape index (κ2) is 5.96. The lowest BCUT2D eigenvalue weighted by molar-refractivity contribution is -0.137. The Balaban J connectivity index is 2.40. The summed E-state index contributed by atoms with van der Waals surface area (Å²) in [6, 6.07) is 4.87. The first kappa shape index (κ1) is 17.5. The molecule has 124 valence electrons. The zero-order chi connectivity index (χ0) is 17.4. The van der Waals surface area contributed by atoms with E-state index in [0.29, 0.717) is 16.3 Å². The zero-order valence-corrected chi connectivity index (χ0v) is 13.7. The highest BCUT2D eigenvalue weighted by atomic mass is 32.1. The minimum Gasteiger partial charge on any atom is -0.477 e. The predicted octanol–water partition coefficient (Wildman–Crippen LogP) is 4.75. The standard InChI is InChI=1S/C16H16F3NO2S/c1-15(2,3)14-20-11(12(23-14)13(21)22)8-9-5-4-6-10(7-9)16(17,18)19/h4-7H,8H2,1-3H3,(H,21,22). The van der Waals surface area contributed by atoms with Gasteiger partial charge in [-0.25, -0.2) is 9.78 Å². The zero-order valence-electron chi connectivity index (χ0n) is 12.9. The van der Waals surface area contributed by atoms with Gasteiger partial charge in [-0.05, 0) is 11.6 Å². The van der Waals surface area contributed by atoms with E-state index in [4.69, 9.17) is 0 Å². The molecule has 2 aromatic rings. The Hall–Kier alpha value is -1.89. The van der Waals surface area contributed by atoms with Gasteiger partial charge in [0.1, 0.15) is 4.88 Å². The molecule has 0 bridgehead atoms. The summed E-state index contributed by atoms with van der Waals surface area (Å²) in [4.78, 5) is 15.8. The molecule has 0 aliphatic rings. The van der Waals surface area contributed by atoms with E-state index in [2.05, 4.69) is 4.98 Å². The summed E-state index contributed by atoms with van der Waals surface area (Å²) >= 11 is 1.07. The van der Waals surface area contributed by atoms with E-state index >= 15 is 0 Å². The molecule has 0 aliphatic heterocycles. The summed E-state index contributed by atoms with van der Waals surface area (Å²) in [6.45, 7) is 5.72. The van der Waals surface area contributed by atoms with Crippen molar-refractivity contribution >= 4 is 17.3 Å². The van der Waals surface area contributed by atoms with Crippen LogP contribution < -0.4 is 0 Å². The van der Waals surface area contributed by atoms with Gasteiger partial charge in [0.25, 0.3) is 0 Å². The van der Waals surface area contributed by atoms with Crippen LogP contribution in [-0.4, -0.2) is 16.1 Å². The van der Waals surface area contributed by atoms with Gasteiger partial charge >= 0.3 is 12.1 Å². The number of carboxylic acid groups (broad SMARTS) is 1. The number of rotatable bonds is 3. The Kier molecular flexibility index (Phi) is 4.52. The van der Waals surface area contributed by atoms with Gasteiger partial charge in [0.15, 0.2) is 0 Å². The van der Waals surface area contributed by atoms with Crippen LogP contribution in [0.4, 0.5) is 13.2 Å². The number of alkyl halides is 3. The van der Waals surface area contributed by atoms with Crippen molar-refractivity contribution in [2.24, 2.45) is 0 Å². The minimum absolute atomic E-state index is 0.0537. The van der Waals surface area contributed by atoms with Crippen molar-refractivity contribution in [3.63, 3.8) is 0 Å². The average molecular weight is 343 g/mol. The molecule has 23 heavy (non-hydrogen) atoms. The molecule has 0 spiro atoms. The lowest BCUT2D eigenvalue weighted by Gasteiger charge is -2.13. The Morgan fingerprint density at radius 3 is 2.43 bits per heavy atom. The number of hydrogen-bond acceptors (Lipinski definition) is 3. The molecule has 0 atom stereocenters. The lowest BCUT2D eigenvalue weighted by atomic mass is 9.98. The summed E-state index contributed by atoms with van der Waals surface area (Å²) in [6.07, 6.45) is -4.37. The van der Waals surface area contributed by atoms with E-state index < -0.39 is 17.7 Å². The summed E-state index contributed by atoms with van der Waals surface area (Å²) in [5.74, 6) is -1.11. The molecule has 0 radical (unpaired) electrons. The number of halogens is 3. The molecule has 1 aromatic carbocycles. The minimum atomic E-state index is -4.43. The number of carbonyl (C=O) groups is 1. The Morgan fingerprint density at radius 1 is 1.26 bits per heavy atom. The maximum atomic E-state index is 12.8. The third-order valence-corrected chi connectivity index (χ3v) is 4.67. The molecule has 2 rings (SSSR count). The monoisotopic (exact) mass is 343 g/mol. The van der Waals surface area contributed by atoms with Crippen molar-refractivity contribution in [2.45, 2.75) is 38.8 Å². The van der Waals surface area contributed by atoms with E-state index in [0.717, 1.165) is 23.5 Å². The molecule has 7 heteroatoms. The van der Waals surface area contributed by atoms with Crippen LogP contribution in [0, 0.1) is 0 Å². The van der Waals surface area contributed by atoms with Gasteiger partial charge in [-0.15, -0.1) is 11.3 Å². The summed E-state index contributed by atoms with van der Waals surface area (Å²) in [5, 5.41) is 9.95. The van der Waals surface area contributed by atoms with E-state index in [1.807, 2.05) is 20.8 Å². The van der Waals surface area contributed by atoms with E-state index in [1.54, 1.807) is 0 Å². The van der Waals surface area contributed by atoms with Crippen molar-refractivity contribution in [1.29, 1.82) is 0 Å². The molecule has 1 heterocycles. The molecule has 0 unspecified atom stereocenters. The Morgan fingerprint density at radius 2 is 1.91 bits per heavy atom. The number of thiazole rings is 1. The molecule has 3 nitrogen and oxygen atoms in total. The first-order valence-electron chi connectivity index (χ1n) is 6.88. The number of nitrogens with zero attached hydrogens (tertiary/aromatic N) is 1. The topological polar surface area (TPSA) is 50.2 Å². The van der Waals surface area contributed by atoms with Crippen LogP contribution in [0.25, 0.3) is 0 Å². The number of aromatic nitrogens is 1. The van der Waals surface area contributed by atoms with Crippen molar-refractivity contribution in [3.8, 4) is 0 Å². The summed E-state index contributed by atoms with van der Waals surface area (Å²) < 4.78 is 38.3. The van der Waals surface area contributed by atoms with Gasteiger partial charge in [-0.1, -0.05) is 39.0 Å². The maximum Gasteiger partial charge on any atom is 0.416 e. The van der Waals surface area contributed by atoms with Crippen LogP contribution >= 0.6 is 11.3 Å². The smallest absolute Gasteiger partial charge is 0.416 e. The predicted molar refractivity (Wildman–Crippen MR) is 82.0 cm³/mol. The number of aromatic carboxylic acids is 1. The quantitative estimate of drug-likeness (QED) is 0.875. The summed E-state index contributed by atoms with van der Waals surface area (Å²) in [5.41, 5.74) is -0.390. The average Bonchev–Trinajstić information content (AvgIpc) is 2.82. The Labute approximate surface area is 135 Å². The second-order valence-electron chi connectivity index (χ2n) is 6.22. The second-order valence-corrected chi connectivity index (χ2v) is 7.22. The Bertz CT molecular complexity index is 730. The highest BCUT2D eigenvalue weighted by Gasteiger charge is 2.31.